The third kappa shape index (κ3) is 6.25. The molecule has 24 heavy (non-hydrogen) atoms. The zero-order chi connectivity index (χ0) is 17.2. The van der Waals surface area contributed by atoms with Crippen LogP contribution in [0.4, 0.5) is 0 Å². The van der Waals surface area contributed by atoms with Gasteiger partial charge in [0.15, 0.2) is 0 Å². The summed E-state index contributed by atoms with van der Waals surface area (Å²) in [5.41, 5.74) is 2.53. The molecule has 1 heterocycles. The number of nitrogens with zero attached hydrogens (tertiary/aromatic N) is 1. The maximum Gasteiger partial charge on any atom is 0.223 e. The maximum absolute atomic E-state index is 12.3. The molecule has 0 aromatic heterocycles. The van der Waals surface area contributed by atoms with Crippen LogP contribution in [0.2, 0.25) is 0 Å². The third-order valence-electron chi connectivity index (χ3n) is 4.85. The van der Waals surface area contributed by atoms with Gasteiger partial charge in [-0.3, -0.25) is 9.69 Å². The lowest BCUT2D eigenvalue weighted by atomic mass is 9.97. The number of piperidine rings is 1. The first-order chi connectivity index (χ1) is 11.7. The first-order valence-corrected chi connectivity index (χ1v) is 9.51. The molecule has 2 N–H and O–H groups in total. The highest BCUT2D eigenvalue weighted by molar-refractivity contribution is 5.78. The van der Waals surface area contributed by atoms with Crippen LogP contribution in [0.1, 0.15) is 50.7 Å². The lowest BCUT2D eigenvalue weighted by Gasteiger charge is -2.22. The van der Waals surface area contributed by atoms with Gasteiger partial charge in [-0.05, 0) is 56.6 Å². The molecule has 1 aromatic carbocycles. The number of amides is 1. The number of carbonyl (C=O) groups is 1. The predicted octanol–water partition coefficient (Wildman–Crippen LogP) is 2.92. The predicted molar refractivity (Wildman–Crippen MR) is 99.7 cm³/mol. The van der Waals surface area contributed by atoms with Crippen molar-refractivity contribution in [1.29, 1.82) is 0 Å². The van der Waals surface area contributed by atoms with Crippen LogP contribution in [0.5, 0.6) is 0 Å². The highest BCUT2D eigenvalue weighted by atomic mass is 16.1. The molecule has 1 aromatic rings. The Kier molecular flexibility index (Phi) is 8.26. The number of nitrogens with one attached hydrogen (secondary N) is 2. The van der Waals surface area contributed by atoms with E-state index in [2.05, 4.69) is 53.6 Å². The minimum Gasteiger partial charge on any atom is -0.352 e. The summed E-state index contributed by atoms with van der Waals surface area (Å²) in [6.45, 7) is 10.2. The molecule has 4 nitrogen and oxygen atoms in total. The zero-order valence-electron chi connectivity index (χ0n) is 15.3. The minimum absolute atomic E-state index is 0.180. The summed E-state index contributed by atoms with van der Waals surface area (Å²) in [6, 6.07) is 8.63. The van der Waals surface area contributed by atoms with Gasteiger partial charge in [-0.15, -0.1) is 0 Å². The van der Waals surface area contributed by atoms with Crippen molar-refractivity contribution in [3.8, 4) is 0 Å². The van der Waals surface area contributed by atoms with Gasteiger partial charge in [-0.25, -0.2) is 0 Å². The number of unbranched alkanes of at least 4 members (excludes halogenated alkanes) is 1. The zero-order valence-corrected chi connectivity index (χ0v) is 15.3. The lowest BCUT2D eigenvalue weighted by Crippen LogP contribution is -2.37. The number of rotatable bonds is 9. The number of hydrogen-bond acceptors (Lipinski definition) is 3. The molecular formula is C20H33N3O. The summed E-state index contributed by atoms with van der Waals surface area (Å²) in [5, 5.41) is 6.42. The van der Waals surface area contributed by atoms with Crippen molar-refractivity contribution in [2.75, 3.05) is 26.2 Å². The summed E-state index contributed by atoms with van der Waals surface area (Å²) in [5.74, 6) is 0.388. The Morgan fingerprint density at radius 2 is 2.00 bits per heavy atom. The van der Waals surface area contributed by atoms with E-state index in [-0.39, 0.29) is 11.8 Å². The Balaban J connectivity index is 1.84. The highest BCUT2D eigenvalue weighted by Gasteiger charge is 2.20. The van der Waals surface area contributed by atoms with Gasteiger partial charge in [0, 0.05) is 19.0 Å². The fourth-order valence-corrected chi connectivity index (χ4v) is 3.24. The molecule has 1 saturated heterocycles. The molecule has 0 spiro atoms. The van der Waals surface area contributed by atoms with Crippen molar-refractivity contribution in [3.63, 3.8) is 0 Å². The average molecular weight is 332 g/mol. The fraction of sp³-hybridized carbons (Fsp3) is 0.650. The second kappa shape index (κ2) is 10.5. The van der Waals surface area contributed by atoms with Crippen molar-refractivity contribution < 1.29 is 4.79 Å². The molecular weight excluding hydrogens is 298 g/mol. The molecule has 1 aliphatic heterocycles. The Morgan fingerprint density at radius 1 is 1.25 bits per heavy atom. The van der Waals surface area contributed by atoms with E-state index >= 15 is 0 Å². The van der Waals surface area contributed by atoms with Crippen LogP contribution in [-0.4, -0.2) is 37.0 Å². The molecule has 134 valence electrons. The number of hydrogen-bond donors (Lipinski definition) is 2. The molecule has 1 amide bonds. The number of benzene rings is 1. The summed E-state index contributed by atoms with van der Waals surface area (Å²) in [6.07, 6.45) is 4.39. The van der Waals surface area contributed by atoms with E-state index in [1.165, 1.54) is 24.0 Å². The van der Waals surface area contributed by atoms with Crippen LogP contribution in [0.25, 0.3) is 0 Å². The van der Waals surface area contributed by atoms with Crippen molar-refractivity contribution >= 4 is 5.91 Å². The normalized spacial score (nSPS) is 15.6. The lowest BCUT2D eigenvalue weighted by molar-refractivity contribution is -0.125. The van der Waals surface area contributed by atoms with Crippen LogP contribution >= 0.6 is 0 Å². The topological polar surface area (TPSA) is 44.4 Å². The highest BCUT2D eigenvalue weighted by Crippen LogP contribution is 2.13. The van der Waals surface area contributed by atoms with Crippen molar-refractivity contribution in [1.82, 2.24) is 15.5 Å². The monoisotopic (exact) mass is 331 g/mol. The molecule has 0 bridgehead atoms. The van der Waals surface area contributed by atoms with Crippen LogP contribution < -0.4 is 10.6 Å². The Hall–Kier alpha value is -1.39. The van der Waals surface area contributed by atoms with Gasteiger partial charge in [0.25, 0.3) is 0 Å². The van der Waals surface area contributed by atoms with Gasteiger partial charge < -0.3 is 10.6 Å². The van der Waals surface area contributed by atoms with Crippen molar-refractivity contribution in [3.05, 3.63) is 35.4 Å². The molecule has 0 atom stereocenters. The van der Waals surface area contributed by atoms with E-state index in [4.69, 9.17) is 0 Å². The Bertz CT molecular complexity index is 497. The summed E-state index contributed by atoms with van der Waals surface area (Å²) in [7, 11) is 0. The van der Waals surface area contributed by atoms with Crippen LogP contribution in [-0.2, 0) is 17.9 Å². The van der Waals surface area contributed by atoms with Gasteiger partial charge in [0.05, 0.1) is 0 Å². The van der Waals surface area contributed by atoms with Crippen LogP contribution in [0, 0.1) is 5.92 Å². The molecule has 4 heteroatoms. The molecule has 0 aliphatic carbocycles. The average Bonchev–Trinajstić information content (AvgIpc) is 2.64. The molecule has 1 aliphatic rings. The smallest absolute Gasteiger partial charge is 0.223 e. The molecule has 0 unspecified atom stereocenters. The van der Waals surface area contributed by atoms with Gasteiger partial charge in [0.1, 0.15) is 0 Å². The van der Waals surface area contributed by atoms with Crippen molar-refractivity contribution in [2.24, 2.45) is 5.92 Å². The van der Waals surface area contributed by atoms with E-state index in [1.807, 2.05) is 0 Å². The summed E-state index contributed by atoms with van der Waals surface area (Å²) < 4.78 is 0. The fourth-order valence-electron chi connectivity index (χ4n) is 3.24. The third-order valence-corrected chi connectivity index (χ3v) is 4.85. The Labute approximate surface area is 147 Å². The van der Waals surface area contributed by atoms with Gasteiger partial charge in [-0.2, -0.15) is 0 Å². The maximum atomic E-state index is 12.3. The molecule has 0 radical (unpaired) electrons. The SMILES string of the molecule is CCCCN(CC)Cc1cccc(CNC(=O)C2CCNCC2)c1. The first kappa shape index (κ1) is 18.9. The van der Waals surface area contributed by atoms with Gasteiger partial charge in [-0.1, -0.05) is 44.5 Å². The number of carbonyl (C=O) groups excluding carboxylic acids is 1. The van der Waals surface area contributed by atoms with E-state index in [0.717, 1.165) is 45.6 Å². The van der Waals surface area contributed by atoms with Crippen LogP contribution in [0.15, 0.2) is 24.3 Å². The van der Waals surface area contributed by atoms with E-state index < -0.39 is 0 Å². The minimum atomic E-state index is 0.180. The standard InChI is InChI=1S/C20H33N3O/c1-3-5-13-23(4-2)16-18-8-6-7-17(14-18)15-22-20(24)19-9-11-21-12-10-19/h6-8,14,19,21H,3-5,9-13,15-16H2,1-2H3,(H,22,24). The van der Waals surface area contributed by atoms with Crippen LogP contribution in [0.3, 0.4) is 0 Å². The van der Waals surface area contributed by atoms with E-state index in [9.17, 15) is 4.79 Å². The molecule has 0 saturated carbocycles. The first-order valence-electron chi connectivity index (χ1n) is 9.51. The van der Waals surface area contributed by atoms with Crippen molar-refractivity contribution in [2.45, 2.75) is 52.6 Å². The molecule has 1 fully saturated rings. The largest absolute Gasteiger partial charge is 0.352 e. The van der Waals surface area contributed by atoms with E-state index in [1.54, 1.807) is 0 Å². The second-order valence-corrected chi connectivity index (χ2v) is 6.78. The second-order valence-electron chi connectivity index (χ2n) is 6.78. The van der Waals surface area contributed by atoms with E-state index in [0.29, 0.717) is 6.54 Å². The van der Waals surface area contributed by atoms with Gasteiger partial charge >= 0.3 is 0 Å². The Morgan fingerprint density at radius 3 is 2.71 bits per heavy atom. The summed E-state index contributed by atoms with van der Waals surface area (Å²) in [4.78, 5) is 14.7. The quantitative estimate of drug-likeness (QED) is 0.731. The summed E-state index contributed by atoms with van der Waals surface area (Å²) >= 11 is 0. The van der Waals surface area contributed by atoms with Gasteiger partial charge in [0.2, 0.25) is 5.91 Å². The molecule has 2 rings (SSSR count).